The van der Waals surface area contributed by atoms with E-state index in [4.69, 9.17) is 15.5 Å². The number of nitrogens with zero attached hydrogens (tertiary/aromatic N) is 2. The Morgan fingerprint density at radius 3 is 2.21 bits per heavy atom. The molecular formula is C37H44N6O4. The molecule has 10 nitrogen and oxygen atoms in total. The van der Waals surface area contributed by atoms with Gasteiger partial charge in [0.15, 0.2) is 6.10 Å². The SMILES string of the molecule is CCCCC(Oc1ccc(C)cc1C)C(=O)NC1=CC(=O)C(NC(=O)Nc2ccc(N)cc2)=CC1=Nc1ccc(N(CC)CC)cc1. The standard InChI is InChI=1S/C37H44N6O4/c1-6-9-10-35(47-34-20-11-24(4)21-25(34)5)36(45)41-31-23-33(44)32(42-37(46)40-28-14-12-26(38)13-15-28)22-30(31)39-27-16-18-29(19-17-27)43(7-2)8-3/h11-23,35H,6-10,38H2,1-5H3,(H,41,45)(H2,40,42,46). The number of nitrogens with two attached hydrogens (primary N) is 1. The van der Waals surface area contributed by atoms with E-state index < -0.39 is 23.8 Å². The maximum atomic E-state index is 13.7. The molecule has 4 rings (SSSR count). The highest BCUT2D eigenvalue weighted by Gasteiger charge is 2.27. The van der Waals surface area contributed by atoms with Gasteiger partial charge in [-0.05, 0) is 107 Å². The quantitative estimate of drug-likeness (QED) is 0.121. The molecule has 0 aliphatic heterocycles. The number of unbranched alkanes of at least 4 members (excludes halogenated alkanes) is 1. The summed E-state index contributed by atoms with van der Waals surface area (Å²) in [7, 11) is 0. The van der Waals surface area contributed by atoms with Gasteiger partial charge in [0.25, 0.3) is 5.91 Å². The molecule has 1 unspecified atom stereocenters. The predicted molar refractivity (Wildman–Crippen MR) is 189 cm³/mol. The summed E-state index contributed by atoms with van der Waals surface area (Å²) in [4.78, 5) is 46.8. The number of rotatable bonds is 13. The van der Waals surface area contributed by atoms with Gasteiger partial charge in [-0.25, -0.2) is 9.79 Å². The van der Waals surface area contributed by atoms with Crippen molar-refractivity contribution >= 4 is 46.2 Å². The first kappa shape index (κ1) is 34.5. The number of amides is 3. The number of urea groups is 1. The summed E-state index contributed by atoms with van der Waals surface area (Å²) >= 11 is 0. The highest BCUT2D eigenvalue weighted by Crippen LogP contribution is 2.24. The van der Waals surface area contributed by atoms with E-state index in [-0.39, 0.29) is 11.4 Å². The molecule has 246 valence electrons. The number of carbonyl (C=O) groups is 3. The number of ether oxygens (including phenoxy) is 1. The van der Waals surface area contributed by atoms with Gasteiger partial charge in [-0.3, -0.25) is 9.59 Å². The highest BCUT2D eigenvalue weighted by molar-refractivity contribution is 6.24. The van der Waals surface area contributed by atoms with Crippen LogP contribution in [0.4, 0.5) is 27.5 Å². The molecular weight excluding hydrogens is 592 g/mol. The van der Waals surface area contributed by atoms with Crippen molar-refractivity contribution in [2.24, 2.45) is 4.99 Å². The molecule has 5 N–H and O–H groups in total. The van der Waals surface area contributed by atoms with Crippen molar-refractivity contribution in [2.75, 3.05) is 29.0 Å². The van der Waals surface area contributed by atoms with Crippen molar-refractivity contribution in [2.45, 2.75) is 60.0 Å². The summed E-state index contributed by atoms with van der Waals surface area (Å²) in [6, 6.07) is 19.5. The summed E-state index contributed by atoms with van der Waals surface area (Å²) in [5, 5.41) is 8.20. The third-order valence-corrected chi connectivity index (χ3v) is 7.71. The summed E-state index contributed by atoms with van der Waals surface area (Å²) in [5.74, 6) is -0.266. The molecule has 0 heterocycles. The van der Waals surface area contributed by atoms with Crippen LogP contribution in [-0.4, -0.2) is 42.6 Å². The second-order valence-electron chi connectivity index (χ2n) is 11.4. The normalized spacial score (nSPS) is 14.1. The van der Waals surface area contributed by atoms with E-state index in [1.54, 1.807) is 24.3 Å². The number of aliphatic imine (C=N–C) groups is 1. The van der Waals surface area contributed by atoms with E-state index in [1.807, 2.05) is 63.2 Å². The average Bonchev–Trinajstić information content (AvgIpc) is 3.04. The van der Waals surface area contributed by atoms with Gasteiger partial charge in [-0.15, -0.1) is 0 Å². The molecule has 0 fully saturated rings. The lowest BCUT2D eigenvalue weighted by Gasteiger charge is -2.23. The van der Waals surface area contributed by atoms with Crippen LogP contribution in [0.1, 0.15) is 51.2 Å². The molecule has 1 atom stereocenters. The van der Waals surface area contributed by atoms with Crippen LogP contribution in [0.25, 0.3) is 0 Å². The fourth-order valence-corrected chi connectivity index (χ4v) is 5.11. The maximum absolute atomic E-state index is 13.7. The van der Waals surface area contributed by atoms with Crippen LogP contribution in [-0.2, 0) is 9.59 Å². The zero-order valence-electron chi connectivity index (χ0n) is 27.7. The molecule has 3 aromatic rings. The molecule has 3 aromatic carbocycles. The van der Waals surface area contributed by atoms with Crippen molar-refractivity contribution in [1.29, 1.82) is 0 Å². The van der Waals surface area contributed by atoms with Crippen molar-refractivity contribution in [3.8, 4) is 5.75 Å². The Labute approximate surface area is 276 Å². The minimum Gasteiger partial charge on any atom is -0.480 e. The molecule has 0 aromatic heterocycles. The van der Waals surface area contributed by atoms with Crippen LogP contribution in [0.2, 0.25) is 0 Å². The number of ketones is 1. The predicted octanol–water partition coefficient (Wildman–Crippen LogP) is 6.73. The molecule has 1 aliphatic carbocycles. The minimum absolute atomic E-state index is 0.00326. The Morgan fingerprint density at radius 1 is 0.872 bits per heavy atom. The van der Waals surface area contributed by atoms with E-state index in [2.05, 4.69) is 34.7 Å². The van der Waals surface area contributed by atoms with Gasteiger partial charge in [0.05, 0.1) is 22.8 Å². The summed E-state index contributed by atoms with van der Waals surface area (Å²) < 4.78 is 6.22. The number of hydrogen-bond donors (Lipinski definition) is 4. The van der Waals surface area contributed by atoms with E-state index >= 15 is 0 Å². The molecule has 47 heavy (non-hydrogen) atoms. The van der Waals surface area contributed by atoms with Crippen LogP contribution >= 0.6 is 0 Å². The third-order valence-electron chi connectivity index (χ3n) is 7.71. The van der Waals surface area contributed by atoms with Gasteiger partial charge in [0.1, 0.15) is 5.75 Å². The third kappa shape index (κ3) is 9.56. The number of nitrogen functional groups attached to an aromatic ring is 1. The fourth-order valence-electron chi connectivity index (χ4n) is 5.11. The topological polar surface area (TPSA) is 138 Å². The Morgan fingerprint density at radius 2 is 1.57 bits per heavy atom. The Hall–Kier alpha value is -5.38. The lowest BCUT2D eigenvalue weighted by Crippen LogP contribution is -2.41. The van der Waals surface area contributed by atoms with Gasteiger partial charge >= 0.3 is 6.03 Å². The van der Waals surface area contributed by atoms with E-state index in [9.17, 15) is 14.4 Å². The molecule has 0 bridgehead atoms. The van der Waals surface area contributed by atoms with Gasteiger partial charge in [0.2, 0.25) is 5.78 Å². The number of allylic oxidation sites excluding steroid dienone is 2. The second kappa shape index (κ2) is 16.3. The molecule has 10 heteroatoms. The molecule has 1 aliphatic rings. The first-order valence-corrected chi connectivity index (χ1v) is 16.0. The lowest BCUT2D eigenvalue weighted by molar-refractivity contribution is -0.127. The summed E-state index contributed by atoms with van der Waals surface area (Å²) in [6.45, 7) is 11.9. The highest BCUT2D eigenvalue weighted by atomic mass is 16.5. The number of anilines is 3. The maximum Gasteiger partial charge on any atom is 0.323 e. The molecule has 3 amide bonds. The number of nitrogens with one attached hydrogen (secondary N) is 3. The van der Waals surface area contributed by atoms with Crippen LogP contribution in [0.5, 0.6) is 5.75 Å². The lowest BCUT2D eigenvalue weighted by atomic mass is 10.0. The van der Waals surface area contributed by atoms with Crippen LogP contribution in [0.3, 0.4) is 0 Å². The smallest absolute Gasteiger partial charge is 0.323 e. The van der Waals surface area contributed by atoms with Gasteiger partial charge in [0, 0.05) is 36.2 Å². The Kier molecular flexibility index (Phi) is 11.9. The molecule has 0 radical (unpaired) electrons. The van der Waals surface area contributed by atoms with Crippen molar-refractivity contribution in [3.63, 3.8) is 0 Å². The summed E-state index contributed by atoms with van der Waals surface area (Å²) in [6.07, 6.45) is 4.09. The monoisotopic (exact) mass is 636 g/mol. The second-order valence-corrected chi connectivity index (χ2v) is 11.4. The van der Waals surface area contributed by atoms with Crippen molar-refractivity contribution in [1.82, 2.24) is 10.6 Å². The van der Waals surface area contributed by atoms with Gasteiger partial charge in [-0.1, -0.05) is 31.0 Å². The van der Waals surface area contributed by atoms with E-state index in [1.165, 1.54) is 12.2 Å². The first-order chi connectivity index (χ1) is 22.6. The van der Waals surface area contributed by atoms with E-state index in [0.717, 1.165) is 42.7 Å². The number of hydrogen-bond acceptors (Lipinski definition) is 7. The zero-order valence-corrected chi connectivity index (χ0v) is 27.7. The zero-order chi connectivity index (χ0) is 33.9. The van der Waals surface area contributed by atoms with Crippen LogP contribution < -0.4 is 31.3 Å². The Balaban J connectivity index is 1.62. The number of aryl methyl sites for hydroxylation is 2. The summed E-state index contributed by atoms with van der Waals surface area (Å²) in [5.41, 5.74) is 11.0. The molecule has 0 spiro atoms. The van der Waals surface area contributed by atoms with Gasteiger partial charge in [-0.2, -0.15) is 0 Å². The average molecular weight is 637 g/mol. The fraction of sp³-hybridized carbons (Fsp3) is 0.297. The van der Waals surface area contributed by atoms with Gasteiger partial charge < -0.3 is 31.3 Å². The number of carbonyl (C=O) groups excluding carboxylic acids is 3. The van der Waals surface area contributed by atoms with Crippen LogP contribution in [0.15, 0.2) is 95.3 Å². The van der Waals surface area contributed by atoms with Crippen molar-refractivity contribution < 1.29 is 19.1 Å². The minimum atomic E-state index is -0.795. The number of benzene rings is 3. The van der Waals surface area contributed by atoms with Crippen molar-refractivity contribution in [3.05, 3.63) is 101 Å². The molecule has 0 saturated carbocycles. The first-order valence-electron chi connectivity index (χ1n) is 16.0. The largest absolute Gasteiger partial charge is 0.480 e. The van der Waals surface area contributed by atoms with Crippen LogP contribution in [0, 0.1) is 13.8 Å². The van der Waals surface area contributed by atoms with E-state index in [0.29, 0.717) is 34.9 Å². The Bertz CT molecular complexity index is 1670. The molecule has 0 saturated heterocycles.